The molecule has 0 saturated heterocycles. The van der Waals surface area contributed by atoms with Crippen molar-refractivity contribution in [2.75, 3.05) is 44.5 Å². The fourth-order valence-electron chi connectivity index (χ4n) is 1.82. The topological polar surface area (TPSA) is 95.2 Å². The van der Waals surface area contributed by atoms with Crippen LogP contribution in [0.1, 0.15) is 0 Å². The molecule has 0 aliphatic heterocycles. The first kappa shape index (κ1) is 17.7. The van der Waals surface area contributed by atoms with E-state index in [0.29, 0.717) is 53.5 Å². The number of hydrogen-bond donors (Lipinski definition) is 2. The number of halogens is 2. The summed E-state index contributed by atoms with van der Waals surface area (Å²) in [6.45, 7) is 2.07. The smallest absolute Gasteiger partial charge is 0.242 e. The highest BCUT2D eigenvalue weighted by Gasteiger charge is 2.15. The van der Waals surface area contributed by atoms with Crippen LogP contribution < -0.4 is 11.1 Å². The Hall–Kier alpha value is -1.67. The van der Waals surface area contributed by atoms with Crippen LogP contribution in [-0.4, -0.2) is 48.7 Å². The predicted octanol–water partition coefficient (Wildman–Crippen LogP) is 2.50. The molecule has 0 saturated carbocycles. The summed E-state index contributed by atoms with van der Waals surface area (Å²) in [7, 11) is 1.62. The molecule has 0 atom stereocenters. The average molecular weight is 358 g/mol. The van der Waals surface area contributed by atoms with Crippen LogP contribution in [0.4, 0.5) is 11.8 Å². The lowest BCUT2D eigenvalue weighted by atomic mass is 10.1. The normalized spacial score (nSPS) is 10.7. The van der Waals surface area contributed by atoms with Gasteiger partial charge < -0.3 is 20.5 Å². The van der Waals surface area contributed by atoms with Crippen LogP contribution in [-0.2, 0) is 9.47 Å². The van der Waals surface area contributed by atoms with E-state index in [0.717, 1.165) is 0 Å². The third-order valence-corrected chi connectivity index (χ3v) is 3.70. The molecule has 0 spiro atoms. The second-order valence-corrected chi connectivity index (χ2v) is 5.29. The van der Waals surface area contributed by atoms with Gasteiger partial charge in [0.1, 0.15) is 5.69 Å². The number of nitrogens with two attached hydrogens (primary N) is 1. The van der Waals surface area contributed by atoms with Gasteiger partial charge in [-0.3, -0.25) is 0 Å². The second-order valence-electron chi connectivity index (χ2n) is 4.50. The molecule has 3 N–H and O–H groups in total. The first-order valence-electron chi connectivity index (χ1n) is 6.88. The highest BCUT2D eigenvalue weighted by molar-refractivity contribution is 6.43. The van der Waals surface area contributed by atoms with Crippen molar-refractivity contribution in [1.29, 1.82) is 0 Å². The minimum absolute atomic E-state index is 0.0645. The lowest BCUT2D eigenvalue weighted by Gasteiger charge is -2.12. The van der Waals surface area contributed by atoms with Crippen LogP contribution >= 0.6 is 23.2 Å². The Morgan fingerprint density at radius 1 is 1.17 bits per heavy atom. The van der Waals surface area contributed by atoms with Crippen molar-refractivity contribution in [2.24, 2.45) is 0 Å². The van der Waals surface area contributed by atoms with Crippen LogP contribution in [0.25, 0.3) is 11.3 Å². The van der Waals surface area contributed by atoms with Gasteiger partial charge in [-0.2, -0.15) is 4.98 Å². The number of rotatable bonds is 8. The highest BCUT2D eigenvalue weighted by atomic mass is 35.5. The van der Waals surface area contributed by atoms with E-state index in [2.05, 4.69) is 20.5 Å². The fraction of sp³-hybridized carbons (Fsp3) is 0.357. The van der Waals surface area contributed by atoms with Crippen molar-refractivity contribution >= 4 is 35.0 Å². The number of nitrogens with one attached hydrogen (secondary N) is 1. The molecule has 23 heavy (non-hydrogen) atoms. The number of anilines is 2. The van der Waals surface area contributed by atoms with Gasteiger partial charge in [0.2, 0.25) is 5.95 Å². The molecule has 0 aliphatic carbocycles. The minimum atomic E-state index is 0.0645. The van der Waals surface area contributed by atoms with Crippen LogP contribution in [0.3, 0.4) is 0 Å². The Kier molecular flexibility index (Phi) is 6.79. The van der Waals surface area contributed by atoms with Crippen LogP contribution in [0.2, 0.25) is 10.0 Å². The molecule has 1 aromatic carbocycles. The molecule has 0 aliphatic rings. The van der Waals surface area contributed by atoms with Crippen molar-refractivity contribution in [3.8, 4) is 11.3 Å². The largest absolute Gasteiger partial charge is 0.382 e. The van der Waals surface area contributed by atoms with Crippen molar-refractivity contribution in [1.82, 2.24) is 15.2 Å². The van der Waals surface area contributed by atoms with Crippen molar-refractivity contribution in [3.63, 3.8) is 0 Å². The van der Waals surface area contributed by atoms with Crippen LogP contribution in [0.15, 0.2) is 18.2 Å². The first-order valence-corrected chi connectivity index (χ1v) is 7.64. The van der Waals surface area contributed by atoms with Crippen molar-refractivity contribution < 1.29 is 9.47 Å². The van der Waals surface area contributed by atoms with Gasteiger partial charge in [-0.1, -0.05) is 35.3 Å². The summed E-state index contributed by atoms with van der Waals surface area (Å²) >= 11 is 12.3. The maximum absolute atomic E-state index is 6.23. The molecule has 9 heteroatoms. The molecular weight excluding hydrogens is 341 g/mol. The Bertz CT molecular complexity index is 657. The van der Waals surface area contributed by atoms with Gasteiger partial charge in [0.15, 0.2) is 5.82 Å². The molecule has 0 unspecified atom stereocenters. The highest BCUT2D eigenvalue weighted by Crippen LogP contribution is 2.34. The van der Waals surface area contributed by atoms with E-state index >= 15 is 0 Å². The summed E-state index contributed by atoms with van der Waals surface area (Å²) in [6.07, 6.45) is 0. The van der Waals surface area contributed by atoms with Gasteiger partial charge in [0.25, 0.3) is 0 Å². The Balaban J connectivity index is 2.13. The van der Waals surface area contributed by atoms with Crippen LogP contribution in [0.5, 0.6) is 0 Å². The molecule has 0 fully saturated rings. The molecule has 2 aromatic rings. The van der Waals surface area contributed by atoms with Crippen molar-refractivity contribution in [2.45, 2.75) is 0 Å². The second kappa shape index (κ2) is 8.83. The van der Waals surface area contributed by atoms with Crippen LogP contribution in [0, 0.1) is 0 Å². The van der Waals surface area contributed by atoms with Gasteiger partial charge in [-0.05, 0) is 6.07 Å². The third-order valence-electron chi connectivity index (χ3n) is 2.88. The number of hydrogen-bond acceptors (Lipinski definition) is 7. The zero-order chi connectivity index (χ0) is 16.7. The third kappa shape index (κ3) is 4.90. The fourth-order valence-corrected chi connectivity index (χ4v) is 2.21. The summed E-state index contributed by atoms with van der Waals surface area (Å²) in [5.74, 6) is 0.534. The predicted molar refractivity (Wildman–Crippen MR) is 90.9 cm³/mol. The Morgan fingerprint density at radius 2 is 2.00 bits per heavy atom. The van der Waals surface area contributed by atoms with E-state index < -0.39 is 0 Å². The summed E-state index contributed by atoms with van der Waals surface area (Å²) < 4.78 is 10.3. The molecule has 124 valence electrons. The number of nitrogens with zero attached hydrogens (tertiary/aromatic N) is 3. The molecule has 0 amide bonds. The van der Waals surface area contributed by atoms with Gasteiger partial charge in [0, 0.05) is 19.2 Å². The van der Waals surface area contributed by atoms with Crippen molar-refractivity contribution in [3.05, 3.63) is 28.2 Å². The first-order chi connectivity index (χ1) is 11.1. The number of aromatic nitrogens is 3. The number of ether oxygens (including phenoxy) is 2. The number of nitrogen functional groups attached to an aromatic ring is 1. The maximum Gasteiger partial charge on any atom is 0.242 e. The average Bonchev–Trinajstić information content (AvgIpc) is 2.54. The summed E-state index contributed by atoms with van der Waals surface area (Å²) in [5, 5.41) is 11.8. The Labute approximate surface area is 144 Å². The summed E-state index contributed by atoms with van der Waals surface area (Å²) in [5.41, 5.74) is 6.71. The van der Waals surface area contributed by atoms with Gasteiger partial charge in [0.05, 0.1) is 29.9 Å². The lowest BCUT2D eigenvalue weighted by molar-refractivity contribution is 0.0759. The standard InChI is InChI=1S/C14H17Cl2N5O2/c1-22-7-8-23-6-5-18-13-12(20-21-14(17)19-13)9-3-2-4-10(15)11(9)16/h2-4H,5-8H2,1H3,(H3,17,18,19,21). The molecule has 2 rings (SSSR count). The zero-order valence-electron chi connectivity index (χ0n) is 12.6. The van der Waals surface area contributed by atoms with E-state index in [4.69, 9.17) is 38.4 Å². The van der Waals surface area contributed by atoms with E-state index in [9.17, 15) is 0 Å². The monoisotopic (exact) mass is 357 g/mol. The zero-order valence-corrected chi connectivity index (χ0v) is 14.1. The van der Waals surface area contributed by atoms with E-state index in [1.165, 1.54) is 0 Å². The number of methoxy groups -OCH3 is 1. The van der Waals surface area contributed by atoms with E-state index in [-0.39, 0.29) is 5.95 Å². The minimum Gasteiger partial charge on any atom is -0.382 e. The van der Waals surface area contributed by atoms with Gasteiger partial charge >= 0.3 is 0 Å². The number of benzene rings is 1. The molecule has 1 aromatic heterocycles. The van der Waals surface area contributed by atoms with E-state index in [1.807, 2.05) is 0 Å². The molecule has 0 bridgehead atoms. The molecular formula is C14H17Cl2N5O2. The molecule has 0 radical (unpaired) electrons. The maximum atomic E-state index is 6.23. The molecule has 7 nitrogen and oxygen atoms in total. The SMILES string of the molecule is COCCOCCNc1nc(N)nnc1-c1cccc(Cl)c1Cl. The van der Waals surface area contributed by atoms with E-state index in [1.54, 1.807) is 25.3 Å². The molecule has 1 heterocycles. The quantitative estimate of drug-likeness (QED) is 0.700. The Morgan fingerprint density at radius 3 is 2.78 bits per heavy atom. The van der Waals surface area contributed by atoms with Gasteiger partial charge in [-0.15, -0.1) is 10.2 Å². The summed E-state index contributed by atoms with van der Waals surface area (Å²) in [4.78, 5) is 4.17. The lowest BCUT2D eigenvalue weighted by Crippen LogP contribution is -2.14. The van der Waals surface area contributed by atoms with Gasteiger partial charge in [-0.25, -0.2) is 0 Å². The summed E-state index contributed by atoms with van der Waals surface area (Å²) in [6, 6.07) is 5.26.